The van der Waals surface area contributed by atoms with E-state index in [1.165, 1.54) is 0 Å². The van der Waals surface area contributed by atoms with Gasteiger partial charge in [-0.1, -0.05) is 0 Å². The highest BCUT2D eigenvalue weighted by molar-refractivity contribution is 5.71. The molecule has 0 bridgehead atoms. The van der Waals surface area contributed by atoms with Gasteiger partial charge in [-0.2, -0.15) is 0 Å². The van der Waals surface area contributed by atoms with Crippen molar-refractivity contribution in [1.82, 2.24) is 10.2 Å². The van der Waals surface area contributed by atoms with Gasteiger partial charge in [0.2, 0.25) is 0 Å². The van der Waals surface area contributed by atoms with Gasteiger partial charge in [0.1, 0.15) is 0 Å². The van der Waals surface area contributed by atoms with Crippen LogP contribution in [0.2, 0.25) is 0 Å². The lowest BCUT2D eigenvalue weighted by Gasteiger charge is -2.25. The Morgan fingerprint density at radius 1 is 1.46 bits per heavy atom. The molecule has 1 rings (SSSR count). The molecule has 1 fully saturated rings. The van der Waals surface area contributed by atoms with Crippen molar-refractivity contribution in [3.8, 4) is 0 Å². The molecule has 4 nitrogen and oxygen atoms in total. The molecule has 13 heavy (non-hydrogen) atoms. The molecule has 1 aliphatic rings. The molecule has 0 N–H and O–H groups in total. The fourth-order valence-corrected chi connectivity index (χ4v) is 1.29. The molecular formula is C9H17N2O2. The number of nitrogens with zero attached hydrogens (tertiary/aromatic N) is 2. The van der Waals surface area contributed by atoms with Crippen LogP contribution >= 0.6 is 0 Å². The van der Waals surface area contributed by atoms with Gasteiger partial charge >= 0.3 is 5.97 Å². The van der Waals surface area contributed by atoms with Crippen molar-refractivity contribution < 1.29 is 9.53 Å². The summed E-state index contributed by atoms with van der Waals surface area (Å²) in [4.78, 5) is 13.3. The summed E-state index contributed by atoms with van der Waals surface area (Å²) in [6.07, 6.45) is -0.0121. The first-order chi connectivity index (χ1) is 6.18. The van der Waals surface area contributed by atoms with Gasteiger partial charge in [0.05, 0.1) is 12.6 Å². The molecule has 0 unspecified atom stereocenters. The molecule has 75 valence electrons. The van der Waals surface area contributed by atoms with Gasteiger partial charge in [-0.15, -0.1) is 0 Å². The molecule has 0 amide bonds. The Labute approximate surface area is 79.2 Å². The minimum absolute atomic E-state index is 0.0121. The quantitative estimate of drug-likeness (QED) is 0.575. The first kappa shape index (κ1) is 10.5. The zero-order valence-corrected chi connectivity index (χ0v) is 8.32. The van der Waals surface area contributed by atoms with Crippen molar-refractivity contribution in [3.05, 3.63) is 0 Å². The summed E-state index contributed by atoms with van der Waals surface area (Å²) in [7, 11) is 0. The predicted octanol–water partition coefficient (Wildman–Crippen LogP) is -0.142. The molecule has 0 spiro atoms. The van der Waals surface area contributed by atoms with Crippen molar-refractivity contribution in [2.24, 2.45) is 0 Å². The highest BCUT2D eigenvalue weighted by Crippen LogP contribution is 1.96. The second kappa shape index (κ2) is 5.19. The Morgan fingerprint density at radius 2 is 2.08 bits per heavy atom. The number of hydrogen-bond acceptors (Lipinski definition) is 3. The summed E-state index contributed by atoms with van der Waals surface area (Å²) in [5.41, 5.74) is 0. The molecule has 0 aromatic heterocycles. The van der Waals surface area contributed by atoms with Crippen molar-refractivity contribution in [3.63, 3.8) is 0 Å². The predicted molar refractivity (Wildman–Crippen MR) is 49.5 cm³/mol. The van der Waals surface area contributed by atoms with Gasteiger partial charge in [-0.25, -0.2) is 5.32 Å². The fourth-order valence-electron chi connectivity index (χ4n) is 1.29. The third-order valence-corrected chi connectivity index (χ3v) is 1.87. The summed E-state index contributed by atoms with van der Waals surface area (Å²) in [5, 5.41) is 4.20. The van der Waals surface area contributed by atoms with Crippen LogP contribution in [-0.2, 0) is 9.53 Å². The largest absolute Gasteiger partial charge is 0.462 e. The Kier molecular flexibility index (Phi) is 4.18. The average molecular weight is 185 g/mol. The van der Waals surface area contributed by atoms with E-state index in [1.807, 2.05) is 13.8 Å². The lowest BCUT2D eigenvalue weighted by molar-refractivity contribution is -0.148. The Bertz CT molecular complexity index is 165. The van der Waals surface area contributed by atoms with Gasteiger partial charge in [0, 0.05) is 26.2 Å². The van der Waals surface area contributed by atoms with Crippen LogP contribution in [0.5, 0.6) is 0 Å². The van der Waals surface area contributed by atoms with Gasteiger partial charge in [-0.3, -0.25) is 9.69 Å². The van der Waals surface area contributed by atoms with E-state index in [9.17, 15) is 4.79 Å². The van der Waals surface area contributed by atoms with Crippen LogP contribution < -0.4 is 5.32 Å². The topological polar surface area (TPSA) is 43.6 Å². The lowest BCUT2D eigenvalue weighted by atomic mass is 10.3. The van der Waals surface area contributed by atoms with Gasteiger partial charge < -0.3 is 4.74 Å². The van der Waals surface area contributed by atoms with Crippen molar-refractivity contribution in [2.75, 3.05) is 32.7 Å². The van der Waals surface area contributed by atoms with Crippen LogP contribution in [-0.4, -0.2) is 49.7 Å². The van der Waals surface area contributed by atoms with Crippen LogP contribution in [0, 0.1) is 0 Å². The van der Waals surface area contributed by atoms with Crippen LogP contribution in [0.15, 0.2) is 0 Å². The van der Waals surface area contributed by atoms with E-state index >= 15 is 0 Å². The van der Waals surface area contributed by atoms with E-state index in [4.69, 9.17) is 4.74 Å². The minimum Gasteiger partial charge on any atom is -0.462 e. The molecule has 4 heteroatoms. The second-order valence-corrected chi connectivity index (χ2v) is 3.49. The number of hydrogen-bond donors (Lipinski definition) is 0. The maximum atomic E-state index is 11.2. The fraction of sp³-hybridized carbons (Fsp3) is 0.889. The van der Waals surface area contributed by atoms with Gasteiger partial charge in [0.25, 0.3) is 0 Å². The van der Waals surface area contributed by atoms with Crippen molar-refractivity contribution >= 4 is 5.97 Å². The van der Waals surface area contributed by atoms with Gasteiger partial charge in [0.15, 0.2) is 0 Å². The highest BCUT2D eigenvalue weighted by atomic mass is 16.5. The van der Waals surface area contributed by atoms with E-state index in [0.717, 1.165) is 26.2 Å². The van der Waals surface area contributed by atoms with Crippen LogP contribution in [0.1, 0.15) is 13.8 Å². The molecular weight excluding hydrogens is 168 g/mol. The van der Waals surface area contributed by atoms with Crippen molar-refractivity contribution in [2.45, 2.75) is 20.0 Å². The third-order valence-electron chi connectivity index (χ3n) is 1.87. The van der Waals surface area contributed by atoms with Gasteiger partial charge in [-0.05, 0) is 13.8 Å². The maximum Gasteiger partial charge on any atom is 0.320 e. The molecule has 0 aliphatic carbocycles. The Balaban J connectivity index is 2.18. The molecule has 0 aromatic carbocycles. The number of rotatable bonds is 3. The Morgan fingerprint density at radius 3 is 2.62 bits per heavy atom. The normalized spacial score (nSPS) is 19.0. The summed E-state index contributed by atoms with van der Waals surface area (Å²) in [5.74, 6) is -0.128. The Hall–Kier alpha value is -0.610. The molecule has 1 heterocycles. The number of ether oxygens (including phenoxy) is 1. The molecule has 1 saturated heterocycles. The first-order valence-corrected chi connectivity index (χ1v) is 4.73. The third kappa shape index (κ3) is 4.24. The zero-order chi connectivity index (χ0) is 9.68. The monoisotopic (exact) mass is 185 g/mol. The zero-order valence-electron chi connectivity index (χ0n) is 8.32. The lowest BCUT2D eigenvalue weighted by Crippen LogP contribution is -2.43. The summed E-state index contributed by atoms with van der Waals surface area (Å²) in [6.45, 7) is 7.59. The van der Waals surface area contributed by atoms with E-state index in [0.29, 0.717) is 6.54 Å². The average Bonchev–Trinajstić information content (AvgIpc) is 2.04. The molecule has 1 aliphatic heterocycles. The smallest absolute Gasteiger partial charge is 0.320 e. The standard InChI is InChI=1S/C9H17N2O2/c1-8(2)13-9(12)7-11-5-3-10-4-6-11/h8H,3-7H2,1-2H3. The van der Waals surface area contributed by atoms with E-state index in [-0.39, 0.29) is 12.1 Å². The van der Waals surface area contributed by atoms with Crippen LogP contribution in [0.25, 0.3) is 0 Å². The van der Waals surface area contributed by atoms with Crippen LogP contribution in [0.4, 0.5) is 0 Å². The second-order valence-electron chi connectivity index (χ2n) is 3.49. The summed E-state index contributed by atoms with van der Waals surface area (Å²) in [6, 6.07) is 0. The van der Waals surface area contributed by atoms with Crippen molar-refractivity contribution in [1.29, 1.82) is 0 Å². The minimum atomic E-state index is -0.128. The summed E-state index contributed by atoms with van der Waals surface area (Å²) < 4.78 is 5.04. The van der Waals surface area contributed by atoms with Crippen LogP contribution in [0.3, 0.4) is 0 Å². The highest BCUT2D eigenvalue weighted by Gasteiger charge is 2.15. The van der Waals surface area contributed by atoms with E-state index in [1.54, 1.807) is 0 Å². The number of carbonyl (C=O) groups excluding carboxylic acids is 1. The van der Waals surface area contributed by atoms with E-state index < -0.39 is 0 Å². The molecule has 0 saturated carbocycles. The molecule has 0 atom stereocenters. The maximum absolute atomic E-state index is 11.2. The first-order valence-electron chi connectivity index (χ1n) is 4.73. The number of piperazine rings is 1. The van der Waals surface area contributed by atoms with E-state index in [2.05, 4.69) is 10.2 Å². The SMILES string of the molecule is CC(C)OC(=O)CN1CC[N]CC1. The molecule has 1 radical (unpaired) electrons. The number of carbonyl (C=O) groups is 1. The molecule has 0 aromatic rings. The number of esters is 1. The summed E-state index contributed by atoms with van der Waals surface area (Å²) >= 11 is 0.